The fraction of sp³-hybridized carbons (Fsp3) is 0.263. The van der Waals surface area contributed by atoms with Gasteiger partial charge in [-0.3, -0.25) is 0 Å². The lowest BCUT2D eigenvalue weighted by molar-refractivity contribution is 0.171. The molecule has 8 heteroatoms. The van der Waals surface area contributed by atoms with Crippen molar-refractivity contribution in [3.05, 3.63) is 47.0 Å². The third-order valence-corrected chi connectivity index (χ3v) is 5.01. The van der Waals surface area contributed by atoms with Crippen LogP contribution in [0, 0.1) is 0 Å². The lowest BCUT2D eigenvalue weighted by atomic mass is 10.2. The number of nitrogens with zero attached hydrogens (tertiary/aromatic N) is 2. The summed E-state index contributed by atoms with van der Waals surface area (Å²) in [6, 6.07) is 11.4. The van der Waals surface area contributed by atoms with Gasteiger partial charge in [0.1, 0.15) is 19.0 Å². The van der Waals surface area contributed by atoms with Crippen molar-refractivity contribution in [3.8, 4) is 28.7 Å². The van der Waals surface area contributed by atoms with Crippen LogP contribution in [0.15, 0.2) is 46.0 Å². The molecule has 1 aliphatic rings. The topological polar surface area (TPSA) is 66.6 Å². The van der Waals surface area contributed by atoms with E-state index >= 15 is 0 Å². The Morgan fingerprint density at radius 2 is 1.93 bits per heavy atom. The van der Waals surface area contributed by atoms with Crippen LogP contribution in [0.5, 0.6) is 17.2 Å². The first kappa shape index (κ1) is 18.0. The molecule has 4 rings (SSSR count). The molecule has 2 aromatic carbocycles. The molecule has 0 fully saturated rings. The predicted molar refractivity (Wildman–Crippen MR) is 103 cm³/mol. The normalized spacial score (nSPS) is 12.8. The zero-order valence-electron chi connectivity index (χ0n) is 14.6. The molecule has 140 valence electrons. The van der Waals surface area contributed by atoms with Crippen molar-refractivity contribution in [3.63, 3.8) is 0 Å². The van der Waals surface area contributed by atoms with Crippen LogP contribution in [0.3, 0.4) is 0 Å². The fourth-order valence-corrected chi connectivity index (χ4v) is 3.62. The van der Waals surface area contributed by atoms with Crippen LogP contribution in [0.4, 0.5) is 0 Å². The van der Waals surface area contributed by atoms with Crippen molar-refractivity contribution in [2.45, 2.75) is 17.9 Å². The number of hydrogen-bond acceptors (Lipinski definition) is 7. The van der Waals surface area contributed by atoms with E-state index in [-0.39, 0.29) is 0 Å². The van der Waals surface area contributed by atoms with Crippen LogP contribution in [0.25, 0.3) is 11.5 Å². The highest BCUT2D eigenvalue weighted by atomic mass is 35.5. The molecule has 1 aliphatic heterocycles. The average molecular weight is 405 g/mol. The zero-order chi connectivity index (χ0) is 18.6. The summed E-state index contributed by atoms with van der Waals surface area (Å²) >= 11 is 7.71. The molecule has 0 spiro atoms. The molecule has 2 heterocycles. The first-order chi connectivity index (χ1) is 13.2. The molecule has 0 unspecified atom stereocenters. The van der Waals surface area contributed by atoms with E-state index in [1.807, 2.05) is 43.3 Å². The summed E-state index contributed by atoms with van der Waals surface area (Å²) in [4.78, 5) is 0. The molecular weight excluding hydrogens is 388 g/mol. The van der Waals surface area contributed by atoms with Crippen LogP contribution in [-0.4, -0.2) is 30.0 Å². The van der Waals surface area contributed by atoms with Crippen LogP contribution in [-0.2, 0) is 5.75 Å². The summed E-state index contributed by atoms with van der Waals surface area (Å²) in [6.45, 7) is 3.61. The van der Waals surface area contributed by atoms with Crippen molar-refractivity contribution >= 4 is 23.4 Å². The van der Waals surface area contributed by atoms with Gasteiger partial charge in [0.05, 0.1) is 11.6 Å². The highest BCUT2D eigenvalue weighted by molar-refractivity contribution is 7.98. The van der Waals surface area contributed by atoms with Gasteiger partial charge >= 0.3 is 0 Å². The lowest BCUT2D eigenvalue weighted by Crippen LogP contribution is -2.15. The molecule has 0 atom stereocenters. The Kier molecular flexibility index (Phi) is 5.40. The largest absolute Gasteiger partial charge is 0.494 e. The average Bonchev–Trinajstić information content (AvgIpc) is 3.16. The Morgan fingerprint density at radius 1 is 1.11 bits per heavy atom. The molecule has 0 aliphatic carbocycles. The molecule has 6 nitrogen and oxygen atoms in total. The summed E-state index contributed by atoms with van der Waals surface area (Å²) in [5.41, 5.74) is 1.84. The molecular formula is C19H17ClN2O4S. The number of thioether (sulfide) groups is 1. The molecule has 0 saturated heterocycles. The standard InChI is InChI=1S/C19H17ClN2O4S/c1-2-23-14-5-3-13(4-6-14)18-21-22-19(26-18)27-11-12-9-15(20)17-16(10-12)24-7-8-25-17/h3-6,9-10H,2,7-8,11H2,1H3. The summed E-state index contributed by atoms with van der Waals surface area (Å²) in [7, 11) is 0. The van der Waals surface area contributed by atoms with Gasteiger partial charge in [0.2, 0.25) is 5.89 Å². The second kappa shape index (κ2) is 8.10. The van der Waals surface area contributed by atoms with Gasteiger partial charge < -0.3 is 18.6 Å². The van der Waals surface area contributed by atoms with E-state index in [1.54, 1.807) is 0 Å². The second-order valence-electron chi connectivity index (χ2n) is 5.72. The molecule has 27 heavy (non-hydrogen) atoms. The molecule has 0 N–H and O–H groups in total. The van der Waals surface area contributed by atoms with Crippen molar-refractivity contribution in [1.29, 1.82) is 0 Å². The van der Waals surface area contributed by atoms with Gasteiger partial charge in [-0.25, -0.2) is 0 Å². The smallest absolute Gasteiger partial charge is 0.277 e. The number of hydrogen-bond donors (Lipinski definition) is 0. The highest BCUT2D eigenvalue weighted by Crippen LogP contribution is 2.39. The van der Waals surface area contributed by atoms with Gasteiger partial charge in [0.25, 0.3) is 5.22 Å². The third kappa shape index (κ3) is 4.14. The lowest BCUT2D eigenvalue weighted by Gasteiger charge is -2.20. The first-order valence-electron chi connectivity index (χ1n) is 8.50. The maximum atomic E-state index is 6.27. The minimum atomic E-state index is 0.473. The molecule has 0 saturated carbocycles. The minimum Gasteiger partial charge on any atom is -0.494 e. The number of rotatable bonds is 6. The molecule has 0 amide bonds. The Labute approximate surface area is 165 Å². The number of benzene rings is 2. The summed E-state index contributed by atoms with van der Waals surface area (Å²) in [6.07, 6.45) is 0. The monoisotopic (exact) mass is 404 g/mol. The quantitative estimate of drug-likeness (QED) is 0.544. The predicted octanol–water partition coefficient (Wildman–Crippen LogP) is 4.85. The Hall–Kier alpha value is -2.38. The van der Waals surface area contributed by atoms with Gasteiger partial charge in [-0.2, -0.15) is 0 Å². The number of aromatic nitrogens is 2. The van der Waals surface area contributed by atoms with E-state index < -0.39 is 0 Å². The van der Waals surface area contributed by atoms with Crippen molar-refractivity contribution < 1.29 is 18.6 Å². The summed E-state index contributed by atoms with van der Waals surface area (Å²) in [5, 5.41) is 9.25. The molecule has 3 aromatic rings. The molecule has 0 radical (unpaired) electrons. The van der Waals surface area contributed by atoms with Crippen LogP contribution >= 0.6 is 23.4 Å². The maximum Gasteiger partial charge on any atom is 0.277 e. The number of halogens is 1. The zero-order valence-corrected chi connectivity index (χ0v) is 16.2. The van der Waals surface area contributed by atoms with Crippen LogP contribution in [0.1, 0.15) is 12.5 Å². The van der Waals surface area contributed by atoms with E-state index in [2.05, 4.69) is 10.2 Å². The van der Waals surface area contributed by atoms with Gasteiger partial charge in [0.15, 0.2) is 11.5 Å². The van der Waals surface area contributed by atoms with E-state index in [0.717, 1.165) is 16.9 Å². The van der Waals surface area contributed by atoms with Gasteiger partial charge in [0, 0.05) is 11.3 Å². The van der Waals surface area contributed by atoms with E-state index in [4.69, 9.17) is 30.2 Å². The summed E-state index contributed by atoms with van der Waals surface area (Å²) in [5.74, 6) is 3.19. The maximum absolute atomic E-state index is 6.27. The van der Waals surface area contributed by atoms with E-state index in [1.165, 1.54) is 11.8 Å². The van der Waals surface area contributed by atoms with Gasteiger partial charge in [-0.1, -0.05) is 23.4 Å². The Balaban J connectivity index is 1.43. The summed E-state index contributed by atoms with van der Waals surface area (Å²) < 4.78 is 22.3. The number of fused-ring (bicyclic) bond motifs is 1. The Morgan fingerprint density at radius 3 is 2.74 bits per heavy atom. The van der Waals surface area contributed by atoms with Crippen molar-refractivity contribution in [1.82, 2.24) is 10.2 Å². The van der Waals surface area contributed by atoms with E-state index in [9.17, 15) is 0 Å². The highest BCUT2D eigenvalue weighted by Gasteiger charge is 2.17. The van der Waals surface area contributed by atoms with Crippen molar-refractivity contribution in [2.75, 3.05) is 19.8 Å². The SMILES string of the molecule is CCOc1ccc(-c2nnc(SCc3cc(Cl)c4c(c3)OCCO4)o2)cc1. The minimum absolute atomic E-state index is 0.473. The van der Waals surface area contributed by atoms with Crippen LogP contribution < -0.4 is 14.2 Å². The van der Waals surface area contributed by atoms with Gasteiger partial charge in [-0.05, 0) is 48.9 Å². The van der Waals surface area contributed by atoms with Crippen LogP contribution in [0.2, 0.25) is 5.02 Å². The van der Waals surface area contributed by atoms with Gasteiger partial charge in [-0.15, -0.1) is 10.2 Å². The molecule has 1 aromatic heterocycles. The number of ether oxygens (including phenoxy) is 3. The van der Waals surface area contributed by atoms with E-state index in [0.29, 0.717) is 53.2 Å². The third-order valence-electron chi connectivity index (χ3n) is 3.84. The Bertz CT molecular complexity index is 930. The first-order valence-corrected chi connectivity index (χ1v) is 9.87. The second-order valence-corrected chi connectivity index (χ2v) is 7.05. The molecule has 0 bridgehead atoms. The fourth-order valence-electron chi connectivity index (χ4n) is 2.64. The van der Waals surface area contributed by atoms with Crippen molar-refractivity contribution in [2.24, 2.45) is 0 Å².